The molecule has 4 heteroatoms. The fourth-order valence-electron chi connectivity index (χ4n) is 2.61. The fourth-order valence-corrected chi connectivity index (χ4v) is 3.16. The Bertz CT molecular complexity index is 657. The number of benzene rings is 2. The number of fused-ring (bicyclic) bond motifs is 1. The lowest BCUT2D eigenvalue weighted by molar-refractivity contribution is -0.118. The average Bonchev–Trinajstić information content (AvgIpc) is 2.55. The number of amides is 1. The van der Waals surface area contributed by atoms with Crippen LogP contribution in [0.2, 0.25) is 0 Å². The first-order valence-electron chi connectivity index (χ1n) is 7.02. The zero-order valence-electron chi connectivity index (χ0n) is 11.9. The van der Waals surface area contributed by atoms with E-state index < -0.39 is 0 Å². The summed E-state index contributed by atoms with van der Waals surface area (Å²) in [5.41, 5.74) is 3.43. The summed E-state index contributed by atoms with van der Waals surface area (Å²) in [6, 6.07) is 16.0. The standard InChI is InChI=1S/C17H18N2OS/c1-21-16-9-5-4-8-14(16)19-17(20)15-10-12-6-2-3-7-13(12)11-18-15/h2-9,15,18H,10-11H2,1H3,(H,19,20)/t15-/m1/s1. The van der Waals surface area contributed by atoms with Gasteiger partial charge in [-0.1, -0.05) is 36.4 Å². The Labute approximate surface area is 129 Å². The summed E-state index contributed by atoms with van der Waals surface area (Å²) in [7, 11) is 0. The molecule has 0 saturated heterocycles. The minimum Gasteiger partial charge on any atom is -0.324 e. The molecule has 0 bridgehead atoms. The van der Waals surface area contributed by atoms with E-state index in [2.05, 4.69) is 22.8 Å². The number of anilines is 1. The first kappa shape index (κ1) is 14.2. The van der Waals surface area contributed by atoms with Crippen molar-refractivity contribution >= 4 is 23.4 Å². The van der Waals surface area contributed by atoms with Crippen molar-refractivity contribution in [3.05, 3.63) is 59.7 Å². The molecule has 1 heterocycles. The average molecular weight is 298 g/mol. The van der Waals surface area contributed by atoms with Gasteiger partial charge in [0.05, 0.1) is 11.7 Å². The molecule has 2 aromatic rings. The Kier molecular flexibility index (Phi) is 4.27. The van der Waals surface area contributed by atoms with Gasteiger partial charge in [0.15, 0.2) is 0 Å². The van der Waals surface area contributed by atoms with E-state index in [4.69, 9.17) is 0 Å². The lowest BCUT2D eigenvalue weighted by Gasteiger charge is -2.25. The lowest BCUT2D eigenvalue weighted by atomic mass is 9.95. The third kappa shape index (κ3) is 3.12. The number of hydrogen-bond acceptors (Lipinski definition) is 3. The van der Waals surface area contributed by atoms with Crippen LogP contribution in [0.1, 0.15) is 11.1 Å². The summed E-state index contributed by atoms with van der Waals surface area (Å²) in [5.74, 6) is 0.0333. The van der Waals surface area contributed by atoms with Crippen molar-refractivity contribution in [1.29, 1.82) is 0 Å². The van der Waals surface area contributed by atoms with Gasteiger partial charge in [0.2, 0.25) is 5.91 Å². The van der Waals surface area contributed by atoms with Crippen molar-refractivity contribution in [2.24, 2.45) is 0 Å². The topological polar surface area (TPSA) is 41.1 Å². The highest BCUT2D eigenvalue weighted by molar-refractivity contribution is 7.98. The van der Waals surface area contributed by atoms with E-state index in [0.717, 1.165) is 23.5 Å². The molecule has 3 rings (SSSR count). The molecule has 21 heavy (non-hydrogen) atoms. The highest BCUT2D eigenvalue weighted by Crippen LogP contribution is 2.25. The maximum Gasteiger partial charge on any atom is 0.241 e. The van der Waals surface area contributed by atoms with Crippen LogP contribution in [0.15, 0.2) is 53.4 Å². The molecule has 2 N–H and O–H groups in total. The maximum absolute atomic E-state index is 12.5. The predicted octanol–water partition coefficient (Wildman–Crippen LogP) is 3.06. The molecule has 0 fully saturated rings. The Balaban J connectivity index is 1.72. The van der Waals surface area contributed by atoms with Crippen LogP contribution in [-0.2, 0) is 17.8 Å². The van der Waals surface area contributed by atoms with Crippen LogP contribution < -0.4 is 10.6 Å². The Morgan fingerprint density at radius 3 is 2.67 bits per heavy atom. The second-order valence-electron chi connectivity index (χ2n) is 5.10. The van der Waals surface area contributed by atoms with Crippen molar-refractivity contribution < 1.29 is 4.79 Å². The quantitative estimate of drug-likeness (QED) is 0.856. The van der Waals surface area contributed by atoms with Gasteiger partial charge >= 0.3 is 0 Å². The van der Waals surface area contributed by atoms with Crippen LogP contribution in [0.4, 0.5) is 5.69 Å². The summed E-state index contributed by atoms with van der Waals surface area (Å²) < 4.78 is 0. The minimum atomic E-state index is -0.171. The van der Waals surface area contributed by atoms with E-state index in [1.54, 1.807) is 11.8 Å². The van der Waals surface area contributed by atoms with Gasteiger partial charge in [-0.3, -0.25) is 4.79 Å². The largest absolute Gasteiger partial charge is 0.324 e. The Morgan fingerprint density at radius 2 is 1.86 bits per heavy atom. The molecule has 1 atom stereocenters. The van der Waals surface area contributed by atoms with E-state index in [9.17, 15) is 4.79 Å². The third-order valence-electron chi connectivity index (χ3n) is 3.76. The van der Waals surface area contributed by atoms with E-state index >= 15 is 0 Å². The van der Waals surface area contributed by atoms with Gasteiger partial charge in [-0.05, 0) is 35.9 Å². The van der Waals surface area contributed by atoms with Gasteiger partial charge in [-0.15, -0.1) is 11.8 Å². The van der Waals surface area contributed by atoms with Crippen molar-refractivity contribution in [3.8, 4) is 0 Å². The van der Waals surface area contributed by atoms with Crippen LogP contribution in [0.5, 0.6) is 0 Å². The summed E-state index contributed by atoms with van der Waals surface area (Å²) in [4.78, 5) is 13.5. The van der Waals surface area contributed by atoms with Gasteiger partial charge < -0.3 is 10.6 Å². The van der Waals surface area contributed by atoms with Crippen LogP contribution in [-0.4, -0.2) is 18.2 Å². The number of carbonyl (C=O) groups excluding carboxylic acids is 1. The number of rotatable bonds is 3. The number of hydrogen-bond donors (Lipinski definition) is 2. The van der Waals surface area contributed by atoms with E-state index in [1.807, 2.05) is 42.7 Å². The third-order valence-corrected chi connectivity index (χ3v) is 4.56. The molecule has 1 aliphatic heterocycles. The van der Waals surface area contributed by atoms with Crippen LogP contribution in [0, 0.1) is 0 Å². The summed E-state index contributed by atoms with van der Waals surface area (Å²) in [6.07, 6.45) is 2.75. The van der Waals surface area contributed by atoms with Crippen molar-refractivity contribution in [2.75, 3.05) is 11.6 Å². The molecule has 0 aliphatic carbocycles. The molecule has 1 aliphatic rings. The smallest absolute Gasteiger partial charge is 0.241 e. The monoisotopic (exact) mass is 298 g/mol. The second-order valence-corrected chi connectivity index (χ2v) is 5.94. The van der Waals surface area contributed by atoms with Crippen LogP contribution in [0.3, 0.4) is 0 Å². The summed E-state index contributed by atoms with van der Waals surface area (Å²) in [5, 5.41) is 6.35. The highest BCUT2D eigenvalue weighted by atomic mass is 32.2. The van der Waals surface area contributed by atoms with Gasteiger partial charge in [0.1, 0.15) is 0 Å². The van der Waals surface area contributed by atoms with Crippen molar-refractivity contribution in [3.63, 3.8) is 0 Å². The molecule has 0 saturated carbocycles. The molecule has 0 aromatic heterocycles. The minimum absolute atomic E-state index is 0.0333. The van der Waals surface area contributed by atoms with E-state index in [0.29, 0.717) is 0 Å². The van der Waals surface area contributed by atoms with Crippen LogP contribution >= 0.6 is 11.8 Å². The number of para-hydroxylation sites is 1. The second kappa shape index (κ2) is 6.33. The molecule has 108 valence electrons. The van der Waals surface area contributed by atoms with Crippen molar-refractivity contribution in [1.82, 2.24) is 5.32 Å². The number of thioether (sulfide) groups is 1. The van der Waals surface area contributed by atoms with E-state index in [-0.39, 0.29) is 11.9 Å². The molecule has 0 radical (unpaired) electrons. The SMILES string of the molecule is CSc1ccccc1NC(=O)[C@H]1Cc2ccccc2CN1. The zero-order chi connectivity index (χ0) is 14.7. The van der Waals surface area contributed by atoms with Gasteiger partial charge in [0.25, 0.3) is 0 Å². The molecular weight excluding hydrogens is 280 g/mol. The molecule has 0 spiro atoms. The maximum atomic E-state index is 12.5. The molecule has 2 aromatic carbocycles. The van der Waals surface area contributed by atoms with Gasteiger partial charge in [-0.25, -0.2) is 0 Å². The zero-order valence-corrected chi connectivity index (χ0v) is 12.7. The Hall–Kier alpha value is -1.78. The molecule has 0 unspecified atom stereocenters. The first-order chi connectivity index (χ1) is 10.3. The Morgan fingerprint density at radius 1 is 1.14 bits per heavy atom. The van der Waals surface area contributed by atoms with Gasteiger partial charge in [0, 0.05) is 11.4 Å². The first-order valence-corrected chi connectivity index (χ1v) is 8.24. The summed E-state index contributed by atoms with van der Waals surface area (Å²) in [6.45, 7) is 0.748. The highest BCUT2D eigenvalue weighted by Gasteiger charge is 2.24. The number of nitrogens with one attached hydrogen (secondary N) is 2. The molecule has 3 nitrogen and oxygen atoms in total. The molecular formula is C17H18N2OS. The summed E-state index contributed by atoms with van der Waals surface area (Å²) >= 11 is 1.64. The van der Waals surface area contributed by atoms with Crippen molar-refractivity contribution in [2.45, 2.75) is 23.9 Å². The number of carbonyl (C=O) groups is 1. The fraction of sp³-hybridized carbons (Fsp3) is 0.235. The van der Waals surface area contributed by atoms with Crippen LogP contribution in [0.25, 0.3) is 0 Å². The lowest BCUT2D eigenvalue weighted by Crippen LogP contribution is -2.44. The van der Waals surface area contributed by atoms with Gasteiger partial charge in [-0.2, -0.15) is 0 Å². The predicted molar refractivity (Wildman–Crippen MR) is 87.6 cm³/mol. The van der Waals surface area contributed by atoms with E-state index in [1.165, 1.54) is 11.1 Å². The normalized spacial score (nSPS) is 17.1. The molecule has 1 amide bonds.